The van der Waals surface area contributed by atoms with Crippen LogP contribution >= 0.6 is 23.2 Å². The largest absolute Gasteiger partial charge is 0.495 e. The first kappa shape index (κ1) is 19.1. The van der Waals surface area contributed by atoms with Gasteiger partial charge in [0, 0.05) is 5.02 Å². The van der Waals surface area contributed by atoms with E-state index in [-0.39, 0.29) is 0 Å². The van der Waals surface area contributed by atoms with Crippen LogP contribution in [-0.2, 0) is 9.59 Å². The minimum atomic E-state index is -1.34. The fraction of sp³-hybridized carbons (Fsp3) is 0.222. The van der Waals surface area contributed by atoms with Crippen LogP contribution in [0.25, 0.3) is 0 Å². The molecule has 0 aromatic heterocycles. The van der Waals surface area contributed by atoms with E-state index in [1.165, 1.54) is 27.0 Å². The Morgan fingerprint density at radius 3 is 2.16 bits per heavy atom. The molecule has 5 nitrogen and oxygen atoms in total. The zero-order chi connectivity index (χ0) is 18.6. The predicted molar refractivity (Wildman–Crippen MR) is 100 cm³/mol. The fourth-order valence-corrected chi connectivity index (χ4v) is 2.45. The van der Waals surface area contributed by atoms with Gasteiger partial charge in [0.05, 0.1) is 23.5 Å². The summed E-state index contributed by atoms with van der Waals surface area (Å²) < 4.78 is 5.20. The molecule has 0 bridgehead atoms. The second-order valence-corrected chi connectivity index (χ2v) is 6.70. The summed E-state index contributed by atoms with van der Waals surface area (Å²) in [5.74, 6) is -0.462. The lowest BCUT2D eigenvalue weighted by atomic mass is 9.90. The van der Waals surface area contributed by atoms with Crippen molar-refractivity contribution < 1.29 is 14.3 Å². The summed E-state index contributed by atoms with van der Waals surface area (Å²) in [5.41, 5.74) is -0.473. The minimum absolute atomic E-state index is 0.293. The van der Waals surface area contributed by atoms with Crippen LogP contribution in [0.3, 0.4) is 0 Å². The number of anilines is 2. The van der Waals surface area contributed by atoms with Crippen molar-refractivity contribution >= 4 is 46.4 Å². The van der Waals surface area contributed by atoms with Gasteiger partial charge in [-0.2, -0.15) is 0 Å². The Morgan fingerprint density at radius 1 is 0.960 bits per heavy atom. The molecule has 2 rings (SSSR count). The lowest BCUT2D eigenvalue weighted by molar-refractivity contribution is -0.135. The maximum absolute atomic E-state index is 12.6. The minimum Gasteiger partial charge on any atom is -0.495 e. The van der Waals surface area contributed by atoms with Crippen LogP contribution in [0.5, 0.6) is 5.75 Å². The highest BCUT2D eigenvalue weighted by Crippen LogP contribution is 2.29. The van der Waals surface area contributed by atoms with Gasteiger partial charge in [-0.05, 0) is 44.2 Å². The summed E-state index contributed by atoms with van der Waals surface area (Å²) in [6.45, 7) is 3.05. The van der Waals surface area contributed by atoms with E-state index in [1.807, 2.05) is 0 Å². The third kappa shape index (κ3) is 4.44. The first-order valence-electron chi connectivity index (χ1n) is 7.46. The molecule has 0 aliphatic heterocycles. The second kappa shape index (κ2) is 7.76. The standard InChI is InChI=1S/C18H18Cl2N2O3/c1-18(2,16(23)21-13-9-8-11(19)10-12(13)20)17(24)22-14-6-4-5-7-15(14)25-3/h4-10H,1-3H3,(H,21,23)(H,22,24). The zero-order valence-electron chi connectivity index (χ0n) is 14.0. The van der Waals surface area contributed by atoms with Crippen molar-refractivity contribution in [2.45, 2.75) is 13.8 Å². The average molecular weight is 381 g/mol. The average Bonchev–Trinajstić information content (AvgIpc) is 2.57. The van der Waals surface area contributed by atoms with Crippen LogP contribution in [0.4, 0.5) is 11.4 Å². The molecule has 0 spiro atoms. The molecular weight excluding hydrogens is 363 g/mol. The van der Waals surface area contributed by atoms with Gasteiger partial charge in [-0.3, -0.25) is 9.59 Å². The SMILES string of the molecule is COc1ccccc1NC(=O)C(C)(C)C(=O)Nc1ccc(Cl)cc1Cl. The fourth-order valence-electron chi connectivity index (χ4n) is 2.00. The number of rotatable bonds is 5. The number of carbonyl (C=O) groups excluding carboxylic acids is 2. The molecule has 0 saturated carbocycles. The van der Waals surface area contributed by atoms with Crippen LogP contribution in [0, 0.1) is 5.41 Å². The highest BCUT2D eigenvalue weighted by atomic mass is 35.5. The number of amides is 2. The maximum Gasteiger partial charge on any atom is 0.239 e. The molecule has 0 heterocycles. The summed E-state index contributed by atoms with van der Waals surface area (Å²) in [6.07, 6.45) is 0. The van der Waals surface area contributed by atoms with Crippen molar-refractivity contribution in [1.82, 2.24) is 0 Å². The van der Waals surface area contributed by atoms with Gasteiger partial charge in [0.1, 0.15) is 11.2 Å². The molecule has 25 heavy (non-hydrogen) atoms. The molecule has 132 valence electrons. The van der Waals surface area contributed by atoms with Crippen molar-refractivity contribution in [3.63, 3.8) is 0 Å². The first-order valence-corrected chi connectivity index (χ1v) is 8.22. The topological polar surface area (TPSA) is 67.4 Å². The number of hydrogen-bond donors (Lipinski definition) is 2. The normalized spacial score (nSPS) is 10.9. The highest BCUT2D eigenvalue weighted by molar-refractivity contribution is 6.36. The number of hydrogen-bond acceptors (Lipinski definition) is 3. The Bertz CT molecular complexity index is 807. The Hall–Kier alpha value is -2.24. The van der Waals surface area contributed by atoms with E-state index >= 15 is 0 Å². The van der Waals surface area contributed by atoms with Crippen LogP contribution < -0.4 is 15.4 Å². The summed E-state index contributed by atoms with van der Waals surface area (Å²) in [4.78, 5) is 25.2. The number of methoxy groups -OCH3 is 1. The molecule has 0 saturated heterocycles. The zero-order valence-corrected chi connectivity index (χ0v) is 15.5. The molecule has 0 aliphatic carbocycles. The first-order chi connectivity index (χ1) is 11.8. The molecule has 2 aromatic carbocycles. The Balaban J connectivity index is 2.15. The third-order valence-corrected chi connectivity index (χ3v) is 4.22. The molecule has 2 amide bonds. The molecule has 0 radical (unpaired) electrons. The van der Waals surface area contributed by atoms with Gasteiger partial charge < -0.3 is 15.4 Å². The van der Waals surface area contributed by atoms with Crippen LogP contribution in [0.1, 0.15) is 13.8 Å². The number of halogens is 2. The van der Waals surface area contributed by atoms with E-state index in [0.717, 1.165) is 0 Å². The van der Waals surface area contributed by atoms with Gasteiger partial charge >= 0.3 is 0 Å². The second-order valence-electron chi connectivity index (χ2n) is 5.86. The van der Waals surface area contributed by atoms with E-state index in [9.17, 15) is 9.59 Å². The highest BCUT2D eigenvalue weighted by Gasteiger charge is 2.36. The molecule has 7 heteroatoms. The summed E-state index contributed by atoms with van der Waals surface area (Å²) >= 11 is 11.9. The van der Waals surface area contributed by atoms with E-state index in [4.69, 9.17) is 27.9 Å². The quantitative estimate of drug-likeness (QED) is 0.744. The predicted octanol–water partition coefficient (Wildman–Crippen LogP) is 4.61. The Kier molecular flexibility index (Phi) is 5.93. The van der Waals surface area contributed by atoms with Crippen LogP contribution in [0.2, 0.25) is 10.0 Å². The van der Waals surface area contributed by atoms with Crippen molar-refractivity contribution in [2.75, 3.05) is 17.7 Å². The molecule has 0 fully saturated rings. The number of benzene rings is 2. The number of nitrogens with one attached hydrogen (secondary N) is 2. The summed E-state index contributed by atoms with van der Waals surface area (Å²) in [6, 6.07) is 11.7. The van der Waals surface area contributed by atoms with Gasteiger partial charge in [0.25, 0.3) is 0 Å². The van der Waals surface area contributed by atoms with Crippen molar-refractivity contribution in [3.05, 3.63) is 52.5 Å². The van der Waals surface area contributed by atoms with Gasteiger partial charge in [-0.25, -0.2) is 0 Å². The summed E-state index contributed by atoms with van der Waals surface area (Å²) in [7, 11) is 1.51. The van der Waals surface area contributed by atoms with E-state index in [2.05, 4.69) is 10.6 Å². The van der Waals surface area contributed by atoms with Gasteiger partial charge in [0.15, 0.2) is 0 Å². The van der Waals surface area contributed by atoms with Crippen LogP contribution in [-0.4, -0.2) is 18.9 Å². The van der Waals surface area contributed by atoms with Crippen molar-refractivity contribution in [2.24, 2.45) is 5.41 Å². The smallest absolute Gasteiger partial charge is 0.239 e. The van der Waals surface area contributed by atoms with E-state index < -0.39 is 17.2 Å². The van der Waals surface area contributed by atoms with Gasteiger partial charge in [-0.15, -0.1) is 0 Å². The monoisotopic (exact) mass is 380 g/mol. The van der Waals surface area contributed by atoms with Crippen molar-refractivity contribution in [3.8, 4) is 5.75 Å². The number of carbonyl (C=O) groups is 2. The van der Waals surface area contributed by atoms with E-state index in [0.29, 0.717) is 27.2 Å². The summed E-state index contributed by atoms with van der Waals surface area (Å²) in [5, 5.41) is 6.11. The number of ether oxygens (including phenoxy) is 1. The Labute approximate surface area is 156 Å². The molecule has 2 aromatic rings. The van der Waals surface area contributed by atoms with Crippen LogP contribution in [0.15, 0.2) is 42.5 Å². The molecular formula is C18H18Cl2N2O3. The number of para-hydroxylation sites is 2. The molecule has 2 N–H and O–H groups in total. The molecule has 0 aliphatic rings. The molecule has 0 atom stereocenters. The van der Waals surface area contributed by atoms with Gasteiger partial charge in [0.2, 0.25) is 11.8 Å². The lowest BCUT2D eigenvalue weighted by Crippen LogP contribution is -2.41. The Morgan fingerprint density at radius 2 is 1.56 bits per heavy atom. The molecule has 0 unspecified atom stereocenters. The third-order valence-electron chi connectivity index (χ3n) is 3.67. The maximum atomic E-state index is 12.6. The van der Waals surface area contributed by atoms with E-state index in [1.54, 1.807) is 36.4 Å². The van der Waals surface area contributed by atoms with Gasteiger partial charge in [-0.1, -0.05) is 35.3 Å². The lowest BCUT2D eigenvalue weighted by Gasteiger charge is -2.23. The van der Waals surface area contributed by atoms with Crippen molar-refractivity contribution in [1.29, 1.82) is 0 Å².